The summed E-state index contributed by atoms with van der Waals surface area (Å²) in [4.78, 5) is 11.8. The number of benzene rings is 1. The normalized spacial score (nSPS) is 9.83. The van der Waals surface area contributed by atoms with Gasteiger partial charge in [-0.15, -0.1) is 0 Å². The van der Waals surface area contributed by atoms with Crippen LogP contribution in [-0.4, -0.2) is 5.91 Å². The van der Waals surface area contributed by atoms with Gasteiger partial charge in [0.05, 0.1) is 17.5 Å². The minimum absolute atomic E-state index is 0.121. The van der Waals surface area contributed by atoms with E-state index in [-0.39, 0.29) is 21.5 Å². The van der Waals surface area contributed by atoms with E-state index in [2.05, 4.69) is 21.2 Å². The summed E-state index contributed by atoms with van der Waals surface area (Å²) >= 11 is 3.06. The molecule has 1 amide bonds. The summed E-state index contributed by atoms with van der Waals surface area (Å²) in [5.41, 5.74) is 0.184. The average Bonchev–Trinajstić information content (AvgIpc) is 2.76. The molecule has 1 aromatic heterocycles. The summed E-state index contributed by atoms with van der Waals surface area (Å²) in [6.45, 7) is 0. The van der Waals surface area contributed by atoms with Crippen LogP contribution < -0.4 is 5.32 Å². The molecule has 0 unspecified atom stereocenters. The van der Waals surface area contributed by atoms with E-state index in [1.54, 1.807) is 6.07 Å². The second kappa shape index (κ2) is 5.02. The molecular formula is C12H6BrFN2O2. The van der Waals surface area contributed by atoms with Crippen LogP contribution in [-0.2, 0) is 0 Å². The Kier molecular flexibility index (Phi) is 3.44. The Morgan fingerprint density at radius 2 is 2.22 bits per heavy atom. The lowest BCUT2D eigenvalue weighted by Gasteiger charge is -2.06. The SMILES string of the molecule is N#Cc1c(F)cccc1NC(=O)c1ccoc1Br. The Bertz CT molecular complexity index is 646. The zero-order valence-electron chi connectivity index (χ0n) is 8.91. The molecule has 1 N–H and O–H groups in total. The smallest absolute Gasteiger partial charge is 0.260 e. The molecule has 4 nitrogen and oxygen atoms in total. The third kappa shape index (κ3) is 2.26. The van der Waals surface area contributed by atoms with E-state index < -0.39 is 11.7 Å². The monoisotopic (exact) mass is 308 g/mol. The Balaban J connectivity index is 2.31. The van der Waals surface area contributed by atoms with Crippen molar-refractivity contribution in [1.82, 2.24) is 0 Å². The Morgan fingerprint density at radius 3 is 2.83 bits per heavy atom. The summed E-state index contributed by atoms with van der Waals surface area (Å²) in [7, 11) is 0. The molecule has 1 aromatic carbocycles. The summed E-state index contributed by atoms with van der Waals surface area (Å²) in [5, 5.41) is 11.3. The first kappa shape index (κ1) is 12.3. The number of nitrogens with one attached hydrogen (secondary N) is 1. The lowest BCUT2D eigenvalue weighted by molar-refractivity contribution is 0.102. The van der Waals surface area contributed by atoms with Crippen molar-refractivity contribution in [3.63, 3.8) is 0 Å². The number of hydrogen-bond donors (Lipinski definition) is 1. The van der Waals surface area contributed by atoms with Gasteiger partial charge < -0.3 is 9.73 Å². The fourth-order valence-electron chi connectivity index (χ4n) is 1.39. The Hall–Kier alpha value is -2.13. The highest BCUT2D eigenvalue weighted by molar-refractivity contribution is 9.10. The molecule has 0 fully saturated rings. The topological polar surface area (TPSA) is 66.0 Å². The highest BCUT2D eigenvalue weighted by atomic mass is 79.9. The van der Waals surface area contributed by atoms with Crippen LogP contribution in [0.4, 0.5) is 10.1 Å². The van der Waals surface area contributed by atoms with Gasteiger partial charge in [0.2, 0.25) is 0 Å². The van der Waals surface area contributed by atoms with E-state index in [1.807, 2.05) is 0 Å². The molecule has 6 heteroatoms. The minimum Gasteiger partial charge on any atom is -0.457 e. The average molecular weight is 309 g/mol. The van der Waals surface area contributed by atoms with Gasteiger partial charge in [-0.2, -0.15) is 5.26 Å². The maximum atomic E-state index is 13.3. The predicted molar refractivity (Wildman–Crippen MR) is 65.5 cm³/mol. The van der Waals surface area contributed by atoms with Crippen LogP contribution in [0.25, 0.3) is 0 Å². The molecule has 0 aliphatic carbocycles. The van der Waals surface area contributed by atoms with E-state index in [4.69, 9.17) is 9.68 Å². The molecule has 2 aromatic rings. The number of nitriles is 1. The van der Waals surface area contributed by atoms with Crippen LogP contribution in [0.2, 0.25) is 0 Å². The first-order valence-electron chi connectivity index (χ1n) is 4.86. The molecule has 0 atom stereocenters. The van der Waals surface area contributed by atoms with Crippen molar-refractivity contribution in [2.75, 3.05) is 5.32 Å². The van der Waals surface area contributed by atoms with Gasteiger partial charge in [-0.25, -0.2) is 4.39 Å². The van der Waals surface area contributed by atoms with Crippen molar-refractivity contribution in [3.05, 3.63) is 52.1 Å². The number of amides is 1. The quantitative estimate of drug-likeness (QED) is 0.925. The van der Waals surface area contributed by atoms with Crippen molar-refractivity contribution in [2.45, 2.75) is 0 Å². The van der Waals surface area contributed by atoms with Crippen LogP contribution in [0.3, 0.4) is 0 Å². The Morgan fingerprint density at radius 1 is 1.44 bits per heavy atom. The van der Waals surface area contributed by atoms with Gasteiger partial charge in [0.25, 0.3) is 5.91 Å². The van der Waals surface area contributed by atoms with Gasteiger partial charge in [0, 0.05) is 0 Å². The van der Waals surface area contributed by atoms with Gasteiger partial charge in [0.15, 0.2) is 4.67 Å². The largest absolute Gasteiger partial charge is 0.457 e. The third-order valence-electron chi connectivity index (χ3n) is 2.24. The molecule has 0 saturated carbocycles. The molecule has 0 spiro atoms. The van der Waals surface area contributed by atoms with Crippen molar-refractivity contribution >= 4 is 27.5 Å². The van der Waals surface area contributed by atoms with Crippen LogP contribution in [0.1, 0.15) is 15.9 Å². The molecule has 0 bridgehead atoms. The first-order chi connectivity index (χ1) is 8.63. The van der Waals surface area contributed by atoms with Gasteiger partial charge in [0.1, 0.15) is 17.4 Å². The molecule has 90 valence electrons. The van der Waals surface area contributed by atoms with Gasteiger partial charge in [-0.1, -0.05) is 6.07 Å². The summed E-state index contributed by atoms with van der Waals surface area (Å²) in [6.07, 6.45) is 1.34. The zero-order valence-corrected chi connectivity index (χ0v) is 10.5. The second-order valence-electron chi connectivity index (χ2n) is 3.34. The summed E-state index contributed by atoms with van der Waals surface area (Å²) in [6, 6.07) is 7.19. The van der Waals surface area contributed by atoms with E-state index in [0.29, 0.717) is 0 Å². The standard InChI is InChI=1S/C12H6BrFN2O2/c13-11-7(4-5-18-11)12(17)16-10-3-1-2-9(14)8(10)6-15/h1-5H,(H,16,17). The highest BCUT2D eigenvalue weighted by Gasteiger charge is 2.15. The zero-order chi connectivity index (χ0) is 13.1. The van der Waals surface area contributed by atoms with Crippen molar-refractivity contribution in [1.29, 1.82) is 5.26 Å². The minimum atomic E-state index is -0.679. The number of carbonyl (C=O) groups is 1. The maximum Gasteiger partial charge on any atom is 0.260 e. The lowest BCUT2D eigenvalue weighted by Crippen LogP contribution is -2.13. The van der Waals surface area contributed by atoms with Crippen LogP contribution in [0, 0.1) is 17.1 Å². The van der Waals surface area contributed by atoms with Crippen molar-refractivity contribution in [3.8, 4) is 6.07 Å². The van der Waals surface area contributed by atoms with Crippen LogP contribution in [0.15, 0.2) is 39.6 Å². The van der Waals surface area contributed by atoms with Crippen LogP contribution >= 0.6 is 15.9 Å². The van der Waals surface area contributed by atoms with E-state index in [9.17, 15) is 9.18 Å². The number of rotatable bonds is 2. The number of carbonyl (C=O) groups excluding carboxylic acids is 1. The van der Waals surface area contributed by atoms with Gasteiger partial charge in [-0.3, -0.25) is 4.79 Å². The highest BCUT2D eigenvalue weighted by Crippen LogP contribution is 2.22. The third-order valence-corrected chi connectivity index (χ3v) is 2.85. The van der Waals surface area contributed by atoms with E-state index in [0.717, 1.165) is 6.07 Å². The van der Waals surface area contributed by atoms with Gasteiger partial charge >= 0.3 is 0 Å². The fourth-order valence-corrected chi connectivity index (χ4v) is 1.81. The predicted octanol–water partition coefficient (Wildman–Crippen LogP) is 3.31. The molecular weight excluding hydrogens is 303 g/mol. The number of furan rings is 1. The van der Waals surface area contributed by atoms with E-state index in [1.165, 1.54) is 24.5 Å². The molecule has 0 saturated heterocycles. The molecule has 2 rings (SSSR count). The molecule has 0 aliphatic heterocycles. The Labute approximate surface area is 110 Å². The number of hydrogen-bond acceptors (Lipinski definition) is 3. The molecule has 1 heterocycles. The van der Waals surface area contributed by atoms with Crippen molar-refractivity contribution in [2.24, 2.45) is 0 Å². The first-order valence-corrected chi connectivity index (χ1v) is 5.65. The van der Waals surface area contributed by atoms with Crippen LogP contribution in [0.5, 0.6) is 0 Å². The van der Waals surface area contributed by atoms with Crippen molar-refractivity contribution < 1.29 is 13.6 Å². The molecule has 18 heavy (non-hydrogen) atoms. The number of anilines is 1. The van der Waals surface area contributed by atoms with Gasteiger partial charge in [-0.05, 0) is 34.1 Å². The fraction of sp³-hybridized carbons (Fsp3) is 0. The summed E-state index contributed by atoms with van der Waals surface area (Å²) < 4.78 is 18.5. The second-order valence-corrected chi connectivity index (χ2v) is 4.06. The number of nitrogens with zero attached hydrogens (tertiary/aromatic N) is 1. The maximum absolute atomic E-state index is 13.3. The summed E-state index contributed by atoms with van der Waals surface area (Å²) in [5.74, 6) is -1.17. The lowest BCUT2D eigenvalue weighted by atomic mass is 10.1. The number of halogens is 2. The molecule has 0 radical (unpaired) electrons. The van der Waals surface area contributed by atoms with E-state index >= 15 is 0 Å². The molecule has 0 aliphatic rings.